The minimum atomic E-state index is 0.477. The fourth-order valence-corrected chi connectivity index (χ4v) is 7.79. The highest BCUT2D eigenvalue weighted by molar-refractivity contribution is 6.18. The molecule has 0 fully saturated rings. The van der Waals surface area contributed by atoms with Crippen LogP contribution >= 0.6 is 0 Å². The maximum atomic E-state index is 6.21. The lowest BCUT2D eigenvalue weighted by molar-refractivity contribution is 0.668. The molecule has 0 saturated carbocycles. The summed E-state index contributed by atoms with van der Waals surface area (Å²) < 4.78 is 8.60. The Morgan fingerprint density at radius 1 is 0.426 bits per heavy atom. The van der Waals surface area contributed by atoms with Crippen molar-refractivity contribution >= 4 is 54.5 Å². The quantitative estimate of drug-likeness (QED) is 0.180. The second-order valence-corrected chi connectivity index (χ2v) is 13.5. The maximum absolute atomic E-state index is 6.21. The lowest BCUT2D eigenvalue weighted by atomic mass is 9.98. The molecule has 11 rings (SSSR count). The minimum absolute atomic E-state index is 0.477. The zero-order valence-corrected chi connectivity index (χ0v) is 28.9. The summed E-state index contributed by atoms with van der Waals surface area (Å²) >= 11 is 0. The van der Waals surface area contributed by atoms with Gasteiger partial charge in [-0.1, -0.05) is 140 Å². The monoisotopic (exact) mass is 691 g/mol. The van der Waals surface area contributed by atoms with Crippen molar-refractivity contribution in [3.05, 3.63) is 176 Å². The summed E-state index contributed by atoms with van der Waals surface area (Å²) in [4.78, 5) is 19.9. The second-order valence-electron chi connectivity index (χ2n) is 13.5. The van der Waals surface area contributed by atoms with Crippen LogP contribution in [-0.4, -0.2) is 24.5 Å². The molecular formula is C48H29N5O. The van der Waals surface area contributed by atoms with Gasteiger partial charge in [0, 0.05) is 56.0 Å². The van der Waals surface area contributed by atoms with Crippen molar-refractivity contribution < 1.29 is 4.42 Å². The Morgan fingerprint density at radius 3 is 1.98 bits per heavy atom. The molecule has 0 atom stereocenters. The number of furan rings is 1. The molecule has 7 aromatic carbocycles. The van der Waals surface area contributed by atoms with Crippen LogP contribution in [0.15, 0.2) is 180 Å². The zero-order chi connectivity index (χ0) is 35.6. The molecule has 0 saturated heterocycles. The van der Waals surface area contributed by atoms with E-state index in [9.17, 15) is 0 Å². The number of para-hydroxylation sites is 2. The zero-order valence-electron chi connectivity index (χ0n) is 28.9. The average Bonchev–Trinajstić information content (AvgIpc) is 3.80. The van der Waals surface area contributed by atoms with E-state index in [-0.39, 0.29) is 0 Å². The van der Waals surface area contributed by atoms with E-state index < -0.39 is 0 Å². The van der Waals surface area contributed by atoms with Crippen LogP contribution in [-0.2, 0) is 0 Å². The SMILES string of the molecule is c1ccc(-c2nc(-c3cc4oc5ccccc5c4cn3)nc(-c3ccccc3-c3ccc(-n4c5ccccc5c5ccc6ccccc6c54)cc3)n2)cc1. The number of pyridine rings is 1. The predicted molar refractivity (Wildman–Crippen MR) is 218 cm³/mol. The smallest absolute Gasteiger partial charge is 0.182 e. The highest BCUT2D eigenvalue weighted by Crippen LogP contribution is 2.38. The molecule has 252 valence electrons. The van der Waals surface area contributed by atoms with Crippen LogP contribution in [0.5, 0.6) is 0 Å². The van der Waals surface area contributed by atoms with Crippen molar-refractivity contribution in [2.45, 2.75) is 0 Å². The summed E-state index contributed by atoms with van der Waals surface area (Å²) in [5.41, 5.74) is 9.54. The van der Waals surface area contributed by atoms with Gasteiger partial charge in [0.05, 0.1) is 11.0 Å². The van der Waals surface area contributed by atoms with E-state index >= 15 is 0 Å². The van der Waals surface area contributed by atoms with Gasteiger partial charge < -0.3 is 8.98 Å². The molecule has 0 aliphatic carbocycles. The standard InChI is InChI=1S/C48H29N5O/c1-2-13-32(14-3-1)46-50-47(52-48(51-46)41-28-44-40(29-49-41)37-18-9-11-21-43(37)54-44)39-19-7-6-15-34(39)31-22-25-33(26-23-31)53-42-20-10-8-17-36(42)38-27-24-30-12-4-5-16-35(30)45(38)53/h1-29H. The summed E-state index contributed by atoms with van der Waals surface area (Å²) in [7, 11) is 0. The molecule has 0 bridgehead atoms. The first-order chi connectivity index (χ1) is 26.8. The Bertz CT molecular complexity index is 3220. The Balaban J connectivity index is 1.05. The minimum Gasteiger partial charge on any atom is -0.456 e. The number of aromatic nitrogens is 5. The van der Waals surface area contributed by atoms with E-state index in [1.165, 1.54) is 32.6 Å². The van der Waals surface area contributed by atoms with Crippen molar-refractivity contribution in [3.8, 4) is 51.1 Å². The van der Waals surface area contributed by atoms with Gasteiger partial charge in [-0.25, -0.2) is 15.0 Å². The van der Waals surface area contributed by atoms with Gasteiger partial charge in [-0.15, -0.1) is 0 Å². The van der Waals surface area contributed by atoms with Crippen LogP contribution in [0.2, 0.25) is 0 Å². The predicted octanol–water partition coefficient (Wildman–Crippen LogP) is 12.1. The lowest BCUT2D eigenvalue weighted by Crippen LogP contribution is -2.02. The van der Waals surface area contributed by atoms with Gasteiger partial charge in [0.15, 0.2) is 17.5 Å². The molecule has 0 N–H and O–H groups in total. The first-order valence-electron chi connectivity index (χ1n) is 18.0. The lowest BCUT2D eigenvalue weighted by Gasteiger charge is -2.13. The third kappa shape index (κ3) is 4.81. The molecule has 0 amide bonds. The summed E-state index contributed by atoms with van der Waals surface area (Å²) in [6.07, 6.45) is 1.84. The number of rotatable bonds is 5. The van der Waals surface area contributed by atoms with E-state index in [0.29, 0.717) is 23.2 Å². The van der Waals surface area contributed by atoms with Crippen LogP contribution in [0.4, 0.5) is 0 Å². The first kappa shape index (κ1) is 30.2. The van der Waals surface area contributed by atoms with E-state index in [4.69, 9.17) is 24.4 Å². The average molecular weight is 692 g/mol. The van der Waals surface area contributed by atoms with Crippen molar-refractivity contribution in [3.63, 3.8) is 0 Å². The van der Waals surface area contributed by atoms with Crippen LogP contribution in [0.3, 0.4) is 0 Å². The normalized spacial score (nSPS) is 11.7. The summed E-state index contributed by atoms with van der Waals surface area (Å²) in [5.74, 6) is 1.62. The van der Waals surface area contributed by atoms with E-state index in [0.717, 1.165) is 49.9 Å². The molecule has 6 heteroatoms. The van der Waals surface area contributed by atoms with Crippen molar-refractivity contribution in [2.24, 2.45) is 0 Å². The summed E-state index contributed by atoms with van der Waals surface area (Å²) in [5, 5.41) is 6.91. The van der Waals surface area contributed by atoms with Gasteiger partial charge in [-0.05, 0) is 40.8 Å². The van der Waals surface area contributed by atoms with Crippen LogP contribution in [0.25, 0.3) is 106 Å². The van der Waals surface area contributed by atoms with E-state index in [1.54, 1.807) is 0 Å². The van der Waals surface area contributed by atoms with Crippen LogP contribution in [0.1, 0.15) is 0 Å². The van der Waals surface area contributed by atoms with E-state index in [2.05, 4.69) is 108 Å². The van der Waals surface area contributed by atoms with Crippen LogP contribution in [0, 0.1) is 0 Å². The largest absolute Gasteiger partial charge is 0.456 e. The molecule has 6 nitrogen and oxygen atoms in total. The molecule has 4 heterocycles. The third-order valence-corrected chi connectivity index (χ3v) is 10.3. The van der Waals surface area contributed by atoms with Gasteiger partial charge >= 0.3 is 0 Å². The number of hydrogen-bond donors (Lipinski definition) is 0. The summed E-state index contributed by atoms with van der Waals surface area (Å²) in [6.45, 7) is 0. The first-order valence-corrected chi connectivity index (χ1v) is 18.0. The van der Waals surface area contributed by atoms with Gasteiger partial charge in [-0.3, -0.25) is 4.98 Å². The molecule has 4 aromatic heterocycles. The second kappa shape index (κ2) is 12.1. The maximum Gasteiger partial charge on any atom is 0.182 e. The number of hydrogen-bond acceptors (Lipinski definition) is 5. The number of benzene rings is 7. The topological polar surface area (TPSA) is 69.6 Å². The molecule has 0 aliphatic rings. The molecular weight excluding hydrogens is 663 g/mol. The molecule has 11 aromatic rings. The van der Waals surface area contributed by atoms with Crippen molar-refractivity contribution in [2.75, 3.05) is 0 Å². The summed E-state index contributed by atoms with van der Waals surface area (Å²) in [6, 6.07) is 58.7. The fraction of sp³-hybridized carbons (Fsp3) is 0. The van der Waals surface area contributed by atoms with Gasteiger partial charge in [0.2, 0.25) is 0 Å². The highest BCUT2D eigenvalue weighted by Gasteiger charge is 2.19. The number of fused-ring (bicyclic) bond motifs is 8. The Labute approximate surface area is 309 Å². The van der Waals surface area contributed by atoms with Gasteiger partial charge in [-0.2, -0.15) is 0 Å². The van der Waals surface area contributed by atoms with Crippen LogP contribution < -0.4 is 0 Å². The van der Waals surface area contributed by atoms with E-state index in [1.807, 2.05) is 72.9 Å². The third-order valence-electron chi connectivity index (χ3n) is 10.3. The molecule has 0 radical (unpaired) electrons. The molecule has 54 heavy (non-hydrogen) atoms. The fourth-order valence-electron chi connectivity index (χ4n) is 7.79. The highest BCUT2D eigenvalue weighted by atomic mass is 16.3. The number of nitrogens with zero attached hydrogens (tertiary/aromatic N) is 5. The van der Waals surface area contributed by atoms with Gasteiger partial charge in [0.25, 0.3) is 0 Å². The van der Waals surface area contributed by atoms with Gasteiger partial charge in [0.1, 0.15) is 16.9 Å². The van der Waals surface area contributed by atoms with Crippen molar-refractivity contribution in [1.29, 1.82) is 0 Å². The Kier molecular flexibility index (Phi) is 6.75. The Hall–Kier alpha value is -7.44. The molecule has 0 aliphatic heterocycles. The molecule has 0 spiro atoms. The molecule has 0 unspecified atom stereocenters. The Morgan fingerprint density at radius 2 is 1.11 bits per heavy atom. The van der Waals surface area contributed by atoms with Crippen molar-refractivity contribution in [1.82, 2.24) is 24.5 Å².